The number of rotatable bonds is 3. The van der Waals surface area contributed by atoms with Crippen molar-refractivity contribution in [2.45, 2.75) is 38.6 Å². The highest BCUT2D eigenvalue weighted by Gasteiger charge is 2.31. The first-order valence-corrected chi connectivity index (χ1v) is 4.65. The van der Waals surface area contributed by atoms with E-state index in [4.69, 9.17) is 9.47 Å². The van der Waals surface area contributed by atoms with E-state index in [2.05, 4.69) is 5.32 Å². The highest BCUT2D eigenvalue weighted by Crippen LogP contribution is 2.13. The Bertz CT molecular complexity index is 207. The van der Waals surface area contributed by atoms with Gasteiger partial charge in [-0.25, -0.2) is 4.79 Å². The predicted molar refractivity (Wildman–Crippen MR) is 50.0 cm³/mol. The molecule has 14 heavy (non-hydrogen) atoms. The summed E-state index contributed by atoms with van der Waals surface area (Å²) < 4.78 is 9.85. The van der Waals surface area contributed by atoms with Gasteiger partial charge in [-0.05, 0) is 20.8 Å². The summed E-state index contributed by atoms with van der Waals surface area (Å²) >= 11 is 0. The second kappa shape index (κ2) is 4.14. The third-order valence-electron chi connectivity index (χ3n) is 1.64. The molecule has 82 valence electrons. The number of hydrogen-bond donors (Lipinski definition) is 2. The van der Waals surface area contributed by atoms with E-state index in [0.717, 1.165) is 0 Å². The fourth-order valence-electron chi connectivity index (χ4n) is 0.911. The smallest absolute Gasteiger partial charge is 0.407 e. The number of aliphatic hydroxyl groups excluding tert-OH is 1. The van der Waals surface area contributed by atoms with Gasteiger partial charge in [-0.3, -0.25) is 0 Å². The number of carbonyl (C=O) groups excluding carboxylic acids is 1. The Labute approximate surface area is 83.4 Å². The molecule has 0 aromatic heterocycles. The van der Waals surface area contributed by atoms with Gasteiger partial charge in [-0.1, -0.05) is 0 Å². The maximum absolute atomic E-state index is 11.1. The largest absolute Gasteiger partial charge is 0.444 e. The minimum absolute atomic E-state index is 0.120. The van der Waals surface area contributed by atoms with Crippen LogP contribution in [0.2, 0.25) is 0 Å². The van der Waals surface area contributed by atoms with E-state index in [0.29, 0.717) is 6.61 Å². The summed E-state index contributed by atoms with van der Waals surface area (Å²) in [4.78, 5) is 11.1. The van der Waals surface area contributed by atoms with Crippen LogP contribution in [0.1, 0.15) is 20.8 Å². The second-order valence-corrected chi connectivity index (χ2v) is 4.32. The van der Waals surface area contributed by atoms with Gasteiger partial charge in [0, 0.05) is 6.54 Å². The molecule has 0 spiro atoms. The van der Waals surface area contributed by atoms with E-state index in [1.165, 1.54) is 0 Å². The van der Waals surface area contributed by atoms with Gasteiger partial charge in [0.2, 0.25) is 0 Å². The van der Waals surface area contributed by atoms with Crippen LogP contribution in [-0.2, 0) is 9.47 Å². The molecule has 5 heteroatoms. The van der Waals surface area contributed by atoms with Crippen LogP contribution < -0.4 is 5.32 Å². The molecule has 0 aromatic carbocycles. The SMILES string of the molecule is CC(C)(C)OC(=O)NC[C@H](O)C1CO1. The number of ether oxygens (including phenoxy) is 2. The number of aliphatic hydroxyl groups is 1. The first-order chi connectivity index (χ1) is 6.38. The van der Waals surface area contributed by atoms with Gasteiger partial charge in [0.25, 0.3) is 0 Å². The fourth-order valence-corrected chi connectivity index (χ4v) is 0.911. The maximum atomic E-state index is 11.1. The predicted octanol–water partition coefficient (Wildman–Crippen LogP) is 0.271. The Hall–Kier alpha value is -0.810. The summed E-state index contributed by atoms with van der Waals surface area (Å²) in [6.45, 7) is 6.09. The van der Waals surface area contributed by atoms with Crippen molar-refractivity contribution < 1.29 is 19.4 Å². The lowest BCUT2D eigenvalue weighted by molar-refractivity contribution is 0.0478. The average Bonchev–Trinajstić information content (AvgIpc) is 2.78. The Morgan fingerprint density at radius 3 is 2.71 bits per heavy atom. The Morgan fingerprint density at radius 1 is 1.71 bits per heavy atom. The molecule has 0 aliphatic carbocycles. The molecule has 1 rings (SSSR count). The van der Waals surface area contributed by atoms with E-state index >= 15 is 0 Å². The minimum Gasteiger partial charge on any atom is -0.444 e. The van der Waals surface area contributed by atoms with E-state index < -0.39 is 17.8 Å². The Kier molecular flexibility index (Phi) is 3.34. The van der Waals surface area contributed by atoms with Crippen LogP contribution in [0.4, 0.5) is 4.79 Å². The highest BCUT2D eigenvalue weighted by atomic mass is 16.6. The van der Waals surface area contributed by atoms with Gasteiger partial charge in [0.1, 0.15) is 11.7 Å². The lowest BCUT2D eigenvalue weighted by Crippen LogP contribution is -2.38. The molecule has 1 fully saturated rings. The van der Waals surface area contributed by atoms with Crippen molar-refractivity contribution in [3.05, 3.63) is 0 Å². The van der Waals surface area contributed by atoms with E-state index in [1.54, 1.807) is 20.8 Å². The zero-order valence-corrected chi connectivity index (χ0v) is 8.74. The van der Waals surface area contributed by atoms with Crippen LogP contribution in [0, 0.1) is 0 Å². The molecule has 0 radical (unpaired) electrons. The monoisotopic (exact) mass is 203 g/mol. The van der Waals surface area contributed by atoms with Gasteiger partial charge in [-0.15, -0.1) is 0 Å². The molecule has 1 amide bonds. The van der Waals surface area contributed by atoms with Gasteiger partial charge in [0.15, 0.2) is 0 Å². The molecule has 1 unspecified atom stereocenters. The molecular formula is C9H17NO4. The molecule has 0 aromatic rings. The topological polar surface area (TPSA) is 71.1 Å². The number of alkyl carbamates (subject to hydrolysis) is 1. The van der Waals surface area contributed by atoms with Gasteiger partial charge in [0.05, 0.1) is 12.7 Å². The Morgan fingerprint density at radius 2 is 2.29 bits per heavy atom. The lowest BCUT2D eigenvalue weighted by Gasteiger charge is -2.20. The second-order valence-electron chi connectivity index (χ2n) is 4.32. The van der Waals surface area contributed by atoms with Crippen molar-refractivity contribution in [1.82, 2.24) is 5.32 Å². The number of nitrogens with one attached hydrogen (secondary N) is 1. The van der Waals surface area contributed by atoms with E-state index in [1.807, 2.05) is 0 Å². The van der Waals surface area contributed by atoms with Crippen molar-refractivity contribution in [1.29, 1.82) is 0 Å². The molecule has 2 atom stereocenters. The molecular weight excluding hydrogens is 186 g/mol. The zero-order valence-electron chi connectivity index (χ0n) is 8.74. The quantitative estimate of drug-likeness (QED) is 0.646. The van der Waals surface area contributed by atoms with Crippen molar-refractivity contribution in [3.63, 3.8) is 0 Å². The van der Waals surface area contributed by atoms with E-state index in [9.17, 15) is 9.90 Å². The van der Waals surface area contributed by atoms with Gasteiger partial charge < -0.3 is 19.9 Å². The van der Waals surface area contributed by atoms with Crippen LogP contribution in [0.25, 0.3) is 0 Å². The summed E-state index contributed by atoms with van der Waals surface area (Å²) in [6.07, 6.45) is -1.27. The fraction of sp³-hybridized carbons (Fsp3) is 0.889. The summed E-state index contributed by atoms with van der Waals surface area (Å²) in [5.74, 6) is 0. The third-order valence-corrected chi connectivity index (χ3v) is 1.64. The average molecular weight is 203 g/mol. The maximum Gasteiger partial charge on any atom is 0.407 e. The molecule has 0 bridgehead atoms. The highest BCUT2D eigenvalue weighted by molar-refractivity contribution is 5.67. The summed E-state index contributed by atoms with van der Waals surface area (Å²) in [6, 6.07) is 0. The van der Waals surface area contributed by atoms with E-state index in [-0.39, 0.29) is 12.6 Å². The standard InChI is InChI=1S/C9H17NO4/c1-9(2,3)14-8(12)10-4-6(11)7-5-13-7/h6-7,11H,4-5H2,1-3H3,(H,10,12)/t6-,7?/m0/s1. The number of amides is 1. The zero-order chi connectivity index (χ0) is 10.8. The van der Waals surface area contributed by atoms with Gasteiger partial charge in [-0.2, -0.15) is 0 Å². The number of epoxide rings is 1. The summed E-state index contributed by atoms with van der Waals surface area (Å²) in [7, 11) is 0. The molecule has 0 saturated carbocycles. The van der Waals surface area contributed by atoms with Crippen molar-refractivity contribution in [2.75, 3.05) is 13.2 Å². The summed E-state index contributed by atoms with van der Waals surface area (Å²) in [5, 5.41) is 11.8. The molecule has 2 N–H and O–H groups in total. The molecule has 1 saturated heterocycles. The molecule has 1 heterocycles. The molecule has 5 nitrogen and oxygen atoms in total. The van der Waals surface area contributed by atoms with Crippen molar-refractivity contribution in [3.8, 4) is 0 Å². The number of carbonyl (C=O) groups is 1. The van der Waals surface area contributed by atoms with Crippen LogP contribution in [-0.4, -0.2) is 42.2 Å². The van der Waals surface area contributed by atoms with Crippen molar-refractivity contribution >= 4 is 6.09 Å². The van der Waals surface area contributed by atoms with Gasteiger partial charge >= 0.3 is 6.09 Å². The van der Waals surface area contributed by atoms with Crippen LogP contribution in [0.5, 0.6) is 0 Å². The van der Waals surface area contributed by atoms with Crippen molar-refractivity contribution in [2.24, 2.45) is 0 Å². The van der Waals surface area contributed by atoms with Crippen LogP contribution in [0.15, 0.2) is 0 Å². The third kappa shape index (κ3) is 4.43. The molecule has 1 aliphatic rings. The molecule has 1 aliphatic heterocycles. The minimum atomic E-state index is -0.637. The lowest BCUT2D eigenvalue weighted by atomic mass is 10.2. The Balaban J connectivity index is 2.14. The van der Waals surface area contributed by atoms with Crippen LogP contribution >= 0.6 is 0 Å². The van der Waals surface area contributed by atoms with Crippen LogP contribution in [0.3, 0.4) is 0 Å². The summed E-state index contributed by atoms with van der Waals surface area (Å²) in [5.41, 5.74) is -0.509. The first-order valence-electron chi connectivity index (χ1n) is 4.65. The normalized spacial score (nSPS) is 22.7. The number of hydrogen-bond acceptors (Lipinski definition) is 4. The first kappa shape index (κ1) is 11.3.